The minimum atomic E-state index is -0.476. The van der Waals surface area contributed by atoms with Crippen LogP contribution in [0.3, 0.4) is 0 Å². The molecule has 2 aromatic rings. The number of Topliss-reactive ketones (excluding diaryl/α,β-unsaturated/α-hetero) is 1. The zero-order chi connectivity index (χ0) is 19.5. The zero-order valence-corrected chi connectivity index (χ0v) is 16.0. The number of carbonyl (C=O) groups is 1. The molecule has 2 heterocycles. The van der Waals surface area contributed by atoms with Crippen molar-refractivity contribution >= 4 is 11.6 Å². The summed E-state index contributed by atoms with van der Waals surface area (Å²) in [6.45, 7) is 6.11. The van der Waals surface area contributed by atoms with Gasteiger partial charge >= 0.3 is 5.69 Å². The lowest BCUT2D eigenvalue weighted by molar-refractivity contribution is -0.118. The molecule has 0 amide bonds. The van der Waals surface area contributed by atoms with E-state index < -0.39 is 17.2 Å². The fraction of sp³-hybridized carbons (Fsp3) is 0.381. The lowest BCUT2D eigenvalue weighted by Crippen LogP contribution is -2.41. The number of H-pyrrole nitrogens is 1. The number of nitrogens with zero attached hydrogens (tertiary/aromatic N) is 1. The van der Waals surface area contributed by atoms with Crippen molar-refractivity contribution in [2.45, 2.75) is 39.5 Å². The first-order valence-corrected chi connectivity index (χ1v) is 9.11. The molecule has 1 atom stereocenters. The van der Waals surface area contributed by atoms with Crippen molar-refractivity contribution < 1.29 is 4.79 Å². The highest BCUT2D eigenvalue weighted by molar-refractivity contribution is 6.01. The van der Waals surface area contributed by atoms with E-state index in [4.69, 9.17) is 0 Å². The third-order valence-corrected chi connectivity index (χ3v) is 5.54. The molecule has 0 spiro atoms. The van der Waals surface area contributed by atoms with E-state index in [9.17, 15) is 14.4 Å². The van der Waals surface area contributed by atoms with Crippen molar-refractivity contribution in [1.82, 2.24) is 9.55 Å². The summed E-state index contributed by atoms with van der Waals surface area (Å²) in [6, 6.07) is 7.87. The fourth-order valence-electron chi connectivity index (χ4n) is 4.22. The Bertz CT molecular complexity index is 1100. The Morgan fingerprint density at radius 2 is 1.74 bits per heavy atom. The number of carbonyl (C=O) groups excluding carboxylic acids is 1. The summed E-state index contributed by atoms with van der Waals surface area (Å²) in [5.74, 6) is 0.0489. The van der Waals surface area contributed by atoms with Crippen LogP contribution in [0.2, 0.25) is 0 Å². The second-order valence-electron chi connectivity index (χ2n) is 8.38. The molecule has 0 unspecified atom stereocenters. The monoisotopic (exact) mass is 365 g/mol. The van der Waals surface area contributed by atoms with Gasteiger partial charge in [-0.1, -0.05) is 43.7 Å². The van der Waals surface area contributed by atoms with Gasteiger partial charge in [-0.2, -0.15) is 0 Å². The van der Waals surface area contributed by atoms with Gasteiger partial charge in [0, 0.05) is 30.7 Å². The number of rotatable bonds is 1. The van der Waals surface area contributed by atoms with Gasteiger partial charge in [-0.05, 0) is 24.3 Å². The van der Waals surface area contributed by atoms with E-state index in [0.29, 0.717) is 29.8 Å². The predicted octanol–water partition coefficient (Wildman–Crippen LogP) is 2.58. The Labute approximate surface area is 156 Å². The van der Waals surface area contributed by atoms with Gasteiger partial charge < -0.3 is 5.32 Å². The number of aromatic nitrogens is 2. The van der Waals surface area contributed by atoms with E-state index >= 15 is 0 Å². The minimum absolute atomic E-state index is 0.0539. The molecule has 6 nitrogen and oxygen atoms in total. The number of fused-ring (bicyclic) bond motifs is 1. The third kappa shape index (κ3) is 2.76. The predicted molar refractivity (Wildman–Crippen MR) is 104 cm³/mol. The van der Waals surface area contributed by atoms with Gasteiger partial charge in [-0.15, -0.1) is 0 Å². The number of hydrogen-bond donors (Lipinski definition) is 2. The first-order chi connectivity index (χ1) is 12.7. The topological polar surface area (TPSA) is 84.0 Å². The average molecular weight is 365 g/mol. The van der Waals surface area contributed by atoms with E-state index in [1.54, 1.807) is 7.05 Å². The average Bonchev–Trinajstić information content (AvgIpc) is 2.57. The van der Waals surface area contributed by atoms with E-state index in [2.05, 4.69) is 24.1 Å². The number of aromatic amines is 1. The van der Waals surface area contributed by atoms with Crippen LogP contribution in [0, 0.1) is 12.3 Å². The van der Waals surface area contributed by atoms with Gasteiger partial charge in [0.25, 0.3) is 5.56 Å². The molecule has 0 saturated carbocycles. The normalized spacial score (nSPS) is 20.7. The van der Waals surface area contributed by atoms with Crippen LogP contribution in [0.15, 0.2) is 45.1 Å². The highest BCUT2D eigenvalue weighted by Gasteiger charge is 2.42. The number of anilines is 1. The smallest absolute Gasteiger partial charge is 0.329 e. The first-order valence-electron chi connectivity index (χ1n) is 9.11. The summed E-state index contributed by atoms with van der Waals surface area (Å²) in [5, 5.41) is 3.25. The highest BCUT2D eigenvalue weighted by Crippen LogP contribution is 2.47. The summed E-state index contributed by atoms with van der Waals surface area (Å²) < 4.78 is 1.41. The number of benzene rings is 1. The Balaban J connectivity index is 2.04. The maximum absolute atomic E-state index is 13.1. The van der Waals surface area contributed by atoms with Crippen LogP contribution in [0.25, 0.3) is 0 Å². The molecule has 2 aliphatic rings. The van der Waals surface area contributed by atoms with Gasteiger partial charge in [0.2, 0.25) is 0 Å². The van der Waals surface area contributed by atoms with Crippen LogP contribution in [0.5, 0.6) is 0 Å². The lowest BCUT2D eigenvalue weighted by atomic mass is 9.69. The van der Waals surface area contributed by atoms with Crippen LogP contribution in [-0.4, -0.2) is 15.3 Å². The zero-order valence-electron chi connectivity index (χ0n) is 16.0. The van der Waals surface area contributed by atoms with Crippen LogP contribution in [0.4, 0.5) is 5.82 Å². The minimum Gasteiger partial charge on any atom is -0.344 e. The highest BCUT2D eigenvalue weighted by atomic mass is 16.2. The summed E-state index contributed by atoms with van der Waals surface area (Å²) in [5.41, 5.74) is 2.78. The Morgan fingerprint density at radius 3 is 2.41 bits per heavy atom. The van der Waals surface area contributed by atoms with Crippen LogP contribution in [0.1, 0.15) is 49.3 Å². The van der Waals surface area contributed by atoms with Crippen molar-refractivity contribution in [3.05, 3.63) is 73.1 Å². The van der Waals surface area contributed by atoms with Crippen LogP contribution < -0.4 is 16.6 Å². The lowest BCUT2D eigenvalue weighted by Gasteiger charge is -2.39. The molecule has 2 N–H and O–H groups in total. The summed E-state index contributed by atoms with van der Waals surface area (Å²) in [7, 11) is 1.62. The van der Waals surface area contributed by atoms with Gasteiger partial charge in [0.15, 0.2) is 5.78 Å². The van der Waals surface area contributed by atoms with Crippen LogP contribution in [-0.2, 0) is 11.8 Å². The van der Waals surface area contributed by atoms with Crippen molar-refractivity contribution in [1.29, 1.82) is 0 Å². The standard InChI is InChI=1S/C21H23N3O3/c1-11-5-7-12(8-6-11)15-16-13(9-21(2,3)10-14(16)25)22-18-17(15)19(26)23-20(27)24(18)4/h5-8,15,22H,9-10H2,1-4H3,(H,23,26,27)/t15-/m0/s1. The van der Waals surface area contributed by atoms with E-state index in [-0.39, 0.29) is 11.2 Å². The molecule has 27 heavy (non-hydrogen) atoms. The quantitative estimate of drug-likeness (QED) is 0.814. The number of nitrogens with one attached hydrogen (secondary N) is 2. The first kappa shape index (κ1) is 17.5. The molecule has 1 aromatic carbocycles. The Morgan fingerprint density at radius 1 is 1.07 bits per heavy atom. The Hall–Kier alpha value is -2.89. The Kier molecular flexibility index (Phi) is 3.77. The second kappa shape index (κ2) is 5.81. The maximum atomic E-state index is 13.1. The fourth-order valence-corrected chi connectivity index (χ4v) is 4.22. The van der Waals surface area contributed by atoms with Gasteiger partial charge in [-0.3, -0.25) is 19.1 Å². The van der Waals surface area contributed by atoms with Crippen molar-refractivity contribution in [3.63, 3.8) is 0 Å². The third-order valence-electron chi connectivity index (χ3n) is 5.54. The summed E-state index contributed by atoms with van der Waals surface area (Å²) in [4.78, 5) is 40.4. The molecular formula is C21H23N3O3. The van der Waals surface area contributed by atoms with Crippen molar-refractivity contribution in [2.75, 3.05) is 5.32 Å². The molecule has 1 aromatic heterocycles. The van der Waals surface area contributed by atoms with E-state index in [1.807, 2.05) is 31.2 Å². The van der Waals surface area contributed by atoms with Gasteiger partial charge in [-0.25, -0.2) is 4.79 Å². The van der Waals surface area contributed by atoms with E-state index in [0.717, 1.165) is 16.8 Å². The SMILES string of the molecule is Cc1ccc([C@H]2C3=C(CC(C)(C)CC3=O)Nc3c2c(=O)[nH]c(=O)n3C)cc1. The van der Waals surface area contributed by atoms with Crippen molar-refractivity contribution in [3.8, 4) is 0 Å². The molecule has 140 valence electrons. The number of ketones is 1. The molecular weight excluding hydrogens is 342 g/mol. The van der Waals surface area contributed by atoms with Crippen molar-refractivity contribution in [2.24, 2.45) is 12.5 Å². The van der Waals surface area contributed by atoms with Gasteiger partial charge in [0.05, 0.1) is 5.56 Å². The molecule has 4 rings (SSSR count). The van der Waals surface area contributed by atoms with E-state index in [1.165, 1.54) is 4.57 Å². The summed E-state index contributed by atoms with van der Waals surface area (Å²) >= 11 is 0. The molecule has 1 aliphatic carbocycles. The molecule has 0 radical (unpaired) electrons. The molecule has 0 fully saturated rings. The molecule has 0 saturated heterocycles. The number of hydrogen-bond acceptors (Lipinski definition) is 4. The largest absolute Gasteiger partial charge is 0.344 e. The van der Waals surface area contributed by atoms with Crippen LogP contribution >= 0.6 is 0 Å². The number of allylic oxidation sites excluding steroid dienone is 2. The van der Waals surface area contributed by atoms with Gasteiger partial charge in [0.1, 0.15) is 5.82 Å². The maximum Gasteiger partial charge on any atom is 0.329 e. The number of aryl methyl sites for hydroxylation is 1. The second-order valence-corrected chi connectivity index (χ2v) is 8.38. The molecule has 1 aliphatic heterocycles. The molecule has 6 heteroatoms. The summed E-state index contributed by atoms with van der Waals surface area (Å²) in [6.07, 6.45) is 1.13. The molecule has 0 bridgehead atoms.